The standard InChI is InChI=1S/C13H14F2N2O2/c14-8-5-9-11(10(15)6-8)16-7-13(9)1-3-17(4-2-13)12(18)19/h5-6,16H,1-4,7H2,(H,18,19). The third kappa shape index (κ3) is 1.82. The molecule has 4 nitrogen and oxygen atoms in total. The minimum Gasteiger partial charge on any atom is -0.465 e. The van der Waals surface area contributed by atoms with Gasteiger partial charge in [0.25, 0.3) is 0 Å². The molecule has 102 valence electrons. The Balaban J connectivity index is 1.92. The number of carbonyl (C=O) groups is 1. The largest absolute Gasteiger partial charge is 0.465 e. The molecular formula is C13H14F2N2O2. The lowest BCUT2D eigenvalue weighted by Crippen LogP contribution is -2.45. The van der Waals surface area contributed by atoms with Gasteiger partial charge in [-0.25, -0.2) is 13.6 Å². The van der Waals surface area contributed by atoms with E-state index in [9.17, 15) is 13.6 Å². The van der Waals surface area contributed by atoms with Gasteiger partial charge in [-0.1, -0.05) is 0 Å². The summed E-state index contributed by atoms with van der Waals surface area (Å²) in [6.07, 6.45) is 0.233. The lowest BCUT2D eigenvalue weighted by atomic mass is 9.74. The second-order valence-corrected chi connectivity index (χ2v) is 5.21. The summed E-state index contributed by atoms with van der Waals surface area (Å²) < 4.78 is 27.1. The third-order valence-electron chi connectivity index (χ3n) is 4.22. The number of carboxylic acid groups (broad SMARTS) is 1. The first-order valence-corrected chi connectivity index (χ1v) is 6.23. The van der Waals surface area contributed by atoms with Gasteiger partial charge in [0.15, 0.2) is 0 Å². The maximum atomic E-state index is 13.7. The predicted octanol–water partition coefficient (Wildman–Crippen LogP) is 2.40. The molecule has 1 saturated heterocycles. The van der Waals surface area contributed by atoms with E-state index >= 15 is 0 Å². The quantitative estimate of drug-likeness (QED) is 0.759. The Kier molecular flexibility index (Phi) is 2.62. The molecule has 6 heteroatoms. The smallest absolute Gasteiger partial charge is 0.407 e. The highest BCUT2D eigenvalue weighted by Crippen LogP contribution is 2.45. The Bertz CT molecular complexity index is 540. The van der Waals surface area contributed by atoms with Crippen molar-refractivity contribution in [2.75, 3.05) is 25.0 Å². The average Bonchev–Trinajstić information content (AvgIpc) is 2.69. The van der Waals surface area contributed by atoms with Crippen LogP contribution in [0.3, 0.4) is 0 Å². The summed E-state index contributed by atoms with van der Waals surface area (Å²) in [5.74, 6) is -1.16. The maximum absolute atomic E-state index is 13.7. The highest BCUT2D eigenvalue weighted by atomic mass is 19.1. The van der Waals surface area contributed by atoms with Crippen molar-refractivity contribution in [2.24, 2.45) is 0 Å². The van der Waals surface area contributed by atoms with Crippen LogP contribution in [0.15, 0.2) is 12.1 Å². The first-order chi connectivity index (χ1) is 9.02. The van der Waals surface area contributed by atoms with E-state index in [0.29, 0.717) is 43.7 Å². The van der Waals surface area contributed by atoms with E-state index < -0.39 is 17.7 Å². The van der Waals surface area contributed by atoms with Gasteiger partial charge in [0, 0.05) is 31.1 Å². The molecule has 1 spiro atoms. The van der Waals surface area contributed by atoms with Gasteiger partial charge in [-0.3, -0.25) is 0 Å². The van der Waals surface area contributed by atoms with Crippen molar-refractivity contribution in [3.8, 4) is 0 Å². The minimum atomic E-state index is -0.938. The van der Waals surface area contributed by atoms with Crippen LogP contribution in [0.4, 0.5) is 19.3 Å². The molecule has 2 aliphatic rings. The number of hydrogen-bond acceptors (Lipinski definition) is 2. The zero-order valence-corrected chi connectivity index (χ0v) is 10.2. The maximum Gasteiger partial charge on any atom is 0.407 e. The summed E-state index contributed by atoms with van der Waals surface area (Å²) in [7, 11) is 0. The van der Waals surface area contributed by atoms with Crippen LogP contribution in [0, 0.1) is 11.6 Å². The Labute approximate surface area is 109 Å². The van der Waals surface area contributed by atoms with Gasteiger partial charge in [-0.2, -0.15) is 0 Å². The van der Waals surface area contributed by atoms with E-state index in [1.54, 1.807) is 0 Å². The van der Waals surface area contributed by atoms with E-state index in [0.717, 1.165) is 6.07 Å². The Morgan fingerprint density at radius 1 is 1.32 bits per heavy atom. The monoisotopic (exact) mass is 268 g/mol. The molecule has 1 aromatic carbocycles. The molecule has 0 radical (unpaired) electrons. The van der Waals surface area contributed by atoms with E-state index in [1.165, 1.54) is 11.0 Å². The number of fused-ring (bicyclic) bond motifs is 2. The van der Waals surface area contributed by atoms with Crippen LogP contribution in [-0.4, -0.2) is 35.7 Å². The van der Waals surface area contributed by atoms with Crippen LogP contribution < -0.4 is 5.32 Å². The number of amides is 1. The molecule has 0 aromatic heterocycles. The molecule has 0 aliphatic carbocycles. The third-order valence-corrected chi connectivity index (χ3v) is 4.22. The van der Waals surface area contributed by atoms with Gasteiger partial charge in [0.1, 0.15) is 11.6 Å². The van der Waals surface area contributed by atoms with Gasteiger partial charge >= 0.3 is 6.09 Å². The SMILES string of the molecule is O=C(O)N1CCC2(CC1)CNc1c(F)cc(F)cc12. The van der Waals surface area contributed by atoms with Crippen molar-refractivity contribution >= 4 is 11.8 Å². The number of nitrogens with zero attached hydrogens (tertiary/aromatic N) is 1. The number of nitrogens with one attached hydrogen (secondary N) is 1. The fourth-order valence-electron chi connectivity index (χ4n) is 3.10. The zero-order chi connectivity index (χ0) is 13.6. The predicted molar refractivity (Wildman–Crippen MR) is 65.4 cm³/mol. The van der Waals surface area contributed by atoms with Crippen molar-refractivity contribution in [3.05, 3.63) is 29.3 Å². The summed E-state index contributed by atoms with van der Waals surface area (Å²) in [5, 5.41) is 11.9. The van der Waals surface area contributed by atoms with Crippen molar-refractivity contribution in [1.82, 2.24) is 4.90 Å². The van der Waals surface area contributed by atoms with Crippen molar-refractivity contribution in [1.29, 1.82) is 0 Å². The topological polar surface area (TPSA) is 52.6 Å². The summed E-state index contributed by atoms with van der Waals surface area (Å²) in [4.78, 5) is 12.2. The molecule has 2 aliphatic heterocycles. The number of rotatable bonds is 0. The number of benzene rings is 1. The van der Waals surface area contributed by atoms with Crippen LogP contribution in [0.5, 0.6) is 0 Å². The van der Waals surface area contributed by atoms with Crippen LogP contribution in [0.25, 0.3) is 0 Å². The van der Waals surface area contributed by atoms with Crippen LogP contribution in [0.2, 0.25) is 0 Å². The van der Waals surface area contributed by atoms with E-state index in [4.69, 9.17) is 5.11 Å². The van der Waals surface area contributed by atoms with Crippen LogP contribution in [-0.2, 0) is 5.41 Å². The molecule has 0 unspecified atom stereocenters. The van der Waals surface area contributed by atoms with Crippen molar-refractivity contribution in [3.63, 3.8) is 0 Å². The molecule has 1 amide bonds. The van der Waals surface area contributed by atoms with Gasteiger partial charge < -0.3 is 15.3 Å². The van der Waals surface area contributed by atoms with Gasteiger partial charge in [-0.05, 0) is 24.5 Å². The number of halogens is 2. The number of piperidine rings is 1. The van der Waals surface area contributed by atoms with E-state index in [2.05, 4.69) is 5.32 Å². The lowest BCUT2D eigenvalue weighted by molar-refractivity contribution is 0.119. The molecule has 19 heavy (non-hydrogen) atoms. The number of anilines is 1. The summed E-state index contributed by atoms with van der Waals surface area (Å²) in [6.45, 7) is 1.33. The van der Waals surface area contributed by atoms with Gasteiger partial charge in [0.05, 0.1) is 5.69 Å². The Hall–Kier alpha value is -1.85. The zero-order valence-electron chi connectivity index (χ0n) is 10.2. The average molecular weight is 268 g/mol. The van der Waals surface area contributed by atoms with Crippen molar-refractivity contribution < 1.29 is 18.7 Å². The fourth-order valence-corrected chi connectivity index (χ4v) is 3.10. The number of likely N-dealkylation sites (tertiary alicyclic amines) is 1. The lowest BCUT2D eigenvalue weighted by Gasteiger charge is -2.38. The summed E-state index contributed by atoms with van der Waals surface area (Å²) in [5.41, 5.74) is 0.671. The van der Waals surface area contributed by atoms with Crippen LogP contribution in [0.1, 0.15) is 18.4 Å². The highest BCUT2D eigenvalue weighted by molar-refractivity contribution is 5.66. The minimum absolute atomic E-state index is 0.343. The second-order valence-electron chi connectivity index (χ2n) is 5.21. The normalized spacial score (nSPS) is 20.2. The highest BCUT2D eigenvalue weighted by Gasteiger charge is 2.43. The molecule has 1 fully saturated rings. The molecular weight excluding hydrogens is 254 g/mol. The van der Waals surface area contributed by atoms with Crippen LogP contribution >= 0.6 is 0 Å². The molecule has 3 rings (SSSR count). The number of hydrogen-bond donors (Lipinski definition) is 2. The molecule has 1 aromatic rings. The summed E-state index contributed by atoms with van der Waals surface area (Å²) >= 11 is 0. The first kappa shape index (κ1) is 12.2. The second kappa shape index (κ2) is 4.08. The molecule has 2 heterocycles. The molecule has 0 saturated carbocycles. The Morgan fingerprint density at radius 2 is 2.00 bits per heavy atom. The van der Waals surface area contributed by atoms with Gasteiger partial charge in [0.2, 0.25) is 0 Å². The first-order valence-electron chi connectivity index (χ1n) is 6.23. The molecule has 0 atom stereocenters. The van der Waals surface area contributed by atoms with Gasteiger partial charge in [-0.15, -0.1) is 0 Å². The molecule has 0 bridgehead atoms. The Morgan fingerprint density at radius 3 is 2.63 bits per heavy atom. The molecule has 2 N–H and O–H groups in total. The van der Waals surface area contributed by atoms with E-state index in [1.807, 2.05) is 0 Å². The van der Waals surface area contributed by atoms with E-state index in [-0.39, 0.29) is 5.41 Å². The fraction of sp³-hybridized carbons (Fsp3) is 0.462. The van der Waals surface area contributed by atoms with Crippen molar-refractivity contribution in [2.45, 2.75) is 18.3 Å². The summed E-state index contributed by atoms with van der Waals surface area (Å²) in [6, 6.07) is 2.24.